The van der Waals surface area contributed by atoms with Gasteiger partial charge in [-0.3, -0.25) is 4.68 Å². The minimum absolute atomic E-state index is 0.123. The van der Waals surface area contributed by atoms with Gasteiger partial charge >= 0.3 is 12.6 Å². The fourth-order valence-electron chi connectivity index (χ4n) is 1.75. The molecule has 0 aliphatic heterocycles. The van der Waals surface area contributed by atoms with Gasteiger partial charge in [-0.05, 0) is 30.7 Å². The number of aromatic nitrogens is 2. The molecular formula is C13H12F2N2O3. The van der Waals surface area contributed by atoms with Gasteiger partial charge in [-0.15, -0.1) is 0 Å². The molecule has 0 unspecified atom stereocenters. The van der Waals surface area contributed by atoms with Crippen molar-refractivity contribution in [3.63, 3.8) is 0 Å². The minimum atomic E-state index is -3.01. The Balaban J connectivity index is 2.45. The fourth-order valence-corrected chi connectivity index (χ4v) is 1.75. The maximum Gasteiger partial charge on any atom is 0.387 e. The van der Waals surface area contributed by atoms with E-state index in [0.29, 0.717) is 17.7 Å². The quantitative estimate of drug-likeness (QED) is 0.915. The topological polar surface area (TPSA) is 64.3 Å². The Morgan fingerprint density at radius 3 is 2.70 bits per heavy atom. The summed E-state index contributed by atoms with van der Waals surface area (Å²) in [6, 6.07) is 3.80. The van der Waals surface area contributed by atoms with Crippen LogP contribution in [0.25, 0.3) is 11.1 Å². The molecule has 2 rings (SSSR count). The first-order valence-corrected chi connectivity index (χ1v) is 5.85. The molecule has 0 bridgehead atoms. The number of hydrogen-bond donors (Lipinski definition) is 1. The highest BCUT2D eigenvalue weighted by molar-refractivity contribution is 5.90. The van der Waals surface area contributed by atoms with Gasteiger partial charge in [0.25, 0.3) is 0 Å². The van der Waals surface area contributed by atoms with Crippen LogP contribution in [0.1, 0.15) is 17.3 Å². The lowest BCUT2D eigenvalue weighted by atomic mass is 10.1. The van der Waals surface area contributed by atoms with Crippen LogP contribution in [-0.4, -0.2) is 27.5 Å². The summed E-state index contributed by atoms with van der Waals surface area (Å²) >= 11 is 0. The SMILES string of the molecule is CCn1cc(-c2cc(OC(F)F)cc(C(=O)O)c2)cn1. The first kappa shape index (κ1) is 14.0. The van der Waals surface area contributed by atoms with Gasteiger partial charge < -0.3 is 9.84 Å². The number of aryl methyl sites for hydroxylation is 1. The number of carboxylic acids is 1. The molecule has 20 heavy (non-hydrogen) atoms. The molecule has 0 atom stereocenters. The summed E-state index contributed by atoms with van der Waals surface area (Å²) in [5.74, 6) is -1.41. The molecule has 0 fully saturated rings. The summed E-state index contributed by atoms with van der Waals surface area (Å²) in [6.07, 6.45) is 3.24. The van der Waals surface area contributed by atoms with Crippen LogP contribution in [0, 0.1) is 0 Å². The normalized spacial score (nSPS) is 10.8. The first-order chi connectivity index (χ1) is 9.49. The van der Waals surface area contributed by atoms with E-state index < -0.39 is 12.6 Å². The predicted octanol–water partition coefficient (Wildman–Crippen LogP) is 2.87. The number of benzene rings is 1. The Morgan fingerprint density at radius 1 is 1.40 bits per heavy atom. The number of aromatic carboxylic acids is 1. The molecule has 5 nitrogen and oxygen atoms in total. The van der Waals surface area contributed by atoms with Crippen molar-refractivity contribution in [1.29, 1.82) is 0 Å². The van der Waals surface area contributed by atoms with Gasteiger partial charge in [0, 0.05) is 18.3 Å². The average molecular weight is 282 g/mol. The Hall–Kier alpha value is -2.44. The van der Waals surface area contributed by atoms with E-state index in [4.69, 9.17) is 5.11 Å². The third-order valence-electron chi connectivity index (χ3n) is 2.67. The van der Waals surface area contributed by atoms with E-state index in [0.717, 1.165) is 6.07 Å². The molecule has 0 saturated carbocycles. The number of carbonyl (C=O) groups is 1. The number of halogens is 2. The van der Waals surface area contributed by atoms with Crippen LogP contribution in [0.4, 0.5) is 8.78 Å². The molecule has 1 aromatic carbocycles. The number of alkyl halides is 2. The number of hydrogen-bond acceptors (Lipinski definition) is 3. The predicted molar refractivity (Wildman–Crippen MR) is 66.9 cm³/mol. The lowest BCUT2D eigenvalue weighted by Gasteiger charge is -2.08. The van der Waals surface area contributed by atoms with Crippen molar-refractivity contribution in [2.75, 3.05) is 0 Å². The van der Waals surface area contributed by atoms with Crippen molar-refractivity contribution >= 4 is 5.97 Å². The lowest BCUT2D eigenvalue weighted by molar-refractivity contribution is -0.0498. The van der Waals surface area contributed by atoms with Crippen molar-refractivity contribution in [2.24, 2.45) is 0 Å². The Labute approximate surface area is 113 Å². The van der Waals surface area contributed by atoms with E-state index >= 15 is 0 Å². The monoisotopic (exact) mass is 282 g/mol. The zero-order valence-corrected chi connectivity index (χ0v) is 10.6. The highest BCUT2D eigenvalue weighted by atomic mass is 19.3. The third kappa shape index (κ3) is 3.11. The molecule has 2 aromatic rings. The first-order valence-electron chi connectivity index (χ1n) is 5.85. The van der Waals surface area contributed by atoms with Crippen LogP contribution in [0.3, 0.4) is 0 Å². The Kier molecular flexibility index (Phi) is 3.97. The highest BCUT2D eigenvalue weighted by Gasteiger charge is 2.13. The van der Waals surface area contributed by atoms with Gasteiger partial charge in [-0.1, -0.05) is 0 Å². The molecule has 0 radical (unpaired) electrons. The number of rotatable bonds is 5. The minimum Gasteiger partial charge on any atom is -0.478 e. The second kappa shape index (κ2) is 5.68. The van der Waals surface area contributed by atoms with E-state index in [1.807, 2.05) is 6.92 Å². The number of carboxylic acid groups (broad SMARTS) is 1. The van der Waals surface area contributed by atoms with Crippen molar-refractivity contribution in [3.05, 3.63) is 36.2 Å². The smallest absolute Gasteiger partial charge is 0.387 e. The second-order valence-electron chi connectivity index (χ2n) is 4.01. The van der Waals surface area contributed by atoms with Crippen LogP contribution in [0.15, 0.2) is 30.6 Å². The van der Waals surface area contributed by atoms with Gasteiger partial charge in [0.2, 0.25) is 0 Å². The summed E-state index contributed by atoms with van der Waals surface area (Å²) in [6.45, 7) is -0.459. The Morgan fingerprint density at radius 2 is 2.15 bits per heavy atom. The summed E-state index contributed by atoms with van der Waals surface area (Å²) in [5, 5.41) is 13.1. The third-order valence-corrected chi connectivity index (χ3v) is 2.67. The molecular weight excluding hydrogens is 270 g/mol. The molecule has 1 heterocycles. The zero-order chi connectivity index (χ0) is 14.7. The molecule has 0 aliphatic rings. The van der Waals surface area contributed by atoms with Crippen LogP contribution >= 0.6 is 0 Å². The van der Waals surface area contributed by atoms with Crippen molar-refractivity contribution in [3.8, 4) is 16.9 Å². The largest absolute Gasteiger partial charge is 0.478 e. The van der Waals surface area contributed by atoms with Gasteiger partial charge in [0.15, 0.2) is 0 Å². The molecule has 1 N–H and O–H groups in total. The fraction of sp³-hybridized carbons (Fsp3) is 0.231. The van der Waals surface area contributed by atoms with Crippen molar-refractivity contribution in [1.82, 2.24) is 9.78 Å². The van der Waals surface area contributed by atoms with Crippen LogP contribution < -0.4 is 4.74 Å². The van der Waals surface area contributed by atoms with E-state index in [1.54, 1.807) is 10.9 Å². The maximum atomic E-state index is 12.3. The van der Waals surface area contributed by atoms with Gasteiger partial charge in [0.05, 0.1) is 11.8 Å². The summed E-state index contributed by atoms with van der Waals surface area (Å²) < 4.78 is 30.4. The van der Waals surface area contributed by atoms with Crippen LogP contribution in [0.2, 0.25) is 0 Å². The summed E-state index contributed by atoms with van der Waals surface area (Å²) in [5.41, 5.74) is 0.969. The highest BCUT2D eigenvalue weighted by Crippen LogP contribution is 2.27. The van der Waals surface area contributed by atoms with E-state index in [1.165, 1.54) is 18.3 Å². The summed E-state index contributed by atoms with van der Waals surface area (Å²) in [4.78, 5) is 11.0. The number of nitrogens with zero attached hydrogens (tertiary/aromatic N) is 2. The van der Waals surface area contributed by atoms with Crippen LogP contribution in [0.5, 0.6) is 5.75 Å². The molecule has 106 valence electrons. The molecule has 0 aliphatic carbocycles. The average Bonchev–Trinajstić information content (AvgIpc) is 2.86. The van der Waals surface area contributed by atoms with Crippen LogP contribution in [-0.2, 0) is 6.54 Å². The van der Waals surface area contributed by atoms with Crippen molar-refractivity contribution < 1.29 is 23.4 Å². The van der Waals surface area contributed by atoms with E-state index in [-0.39, 0.29) is 11.3 Å². The molecule has 7 heteroatoms. The lowest BCUT2D eigenvalue weighted by Crippen LogP contribution is -2.04. The molecule has 1 aromatic heterocycles. The molecule has 0 amide bonds. The van der Waals surface area contributed by atoms with E-state index in [2.05, 4.69) is 9.84 Å². The van der Waals surface area contributed by atoms with Crippen molar-refractivity contribution in [2.45, 2.75) is 20.1 Å². The summed E-state index contributed by atoms with van der Waals surface area (Å²) in [7, 11) is 0. The number of ether oxygens (including phenoxy) is 1. The maximum absolute atomic E-state index is 12.3. The van der Waals surface area contributed by atoms with Gasteiger partial charge in [-0.2, -0.15) is 13.9 Å². The zero-order valence-electron chi connectivity index (χ0n) is 10.6. The molecule has 0 spiro atoms. The second-order valence-corrected chi connectivity index (χ2v) is 4.01. The molecule has 0 saturated heterocycles. The van der Waals surface area contributed by atoms with Gasteiger partial charge in [0.1, 0.15) is 5.75 Å². The van der Waals surface area contributed by atoms with E-state index in [9.17, 15) is 13.6 Å². The van der Waals surface area contributed by atoms with Gasteiger partial charge in [-0.25, -0.2) is 4.79 Å². The standard InChI is InChI=1S/C13H12F2N2O3/c1-2-17-7-10(6-16-17)8-3-9(12(18)19)5-11(4-8)20-13(14)15/h3-7,13H,2H2,1H3,(H,18,19). The Bertz CT molecular complexity index is 626.